The van der Waals surface area contributed by atoms with Crippen LogP contribution in [0.15, 0.2) is 36.4 Å². The second-order valence-corrected chi connectivity index (χ2v) is 12.1. The Balaban J connectivity index is 2.14. The van der Waals surface area contributed by atoms with Crippen molar-refractivity contribution >= 4 is 13.9 Å². The third kappa shape index (κ3) is 3.61. The summed E-state index contributed by atoms with van der Waals surface area (Å²) in [5, 5.41) is 0.283. The van der Waals surface area contributed by atoms with E-state index in [1.54, 1.807) is 0 Å². The Bertz CT molecular complexity index is 468. The van der Waals surface area contributed by atoms with E-state index in [0.717, 1.165) is 0 Å². The van der Waals surface area contributed by atoms with Gasteiger partial charge in [0.2, 0.25) is 0 Å². The molecule has 0 aromatic heterocycles. The van der Waals surface area contributed by atoms with Gasteiger partial charge in [-0.05, 0) is 48.5 Å². The Labute approximate surface area is 125 Å². The van der Waals surface area contributed by atoms with Crippen LogP contribution in [0.25, 0.3) is 5.57 Å². The van der Waals surface area contributed by atoms with E-state index in [-0.39, 0.29) is 5.04 Å². The van der Waals surface area contributed by atoms with Gasteiger partial charge < -0.3 is 4.43 Å². The maximum atomic E-state index is 6.56. The van der Waals surface area contributed by atoms with Crippen LogP contribution in [0.3, 0.4) is 0 Å². The highest BCUT2D eigenvalue weighted by Crippen LogP contribution is 2.39. The van der Waals surface area contributed by atoms with Gasteiger partial charge in [0, 0.05) is 0 Å². The van der Waals surface area contributed by atoms with E-state index >= 15 is 0 Å². The van der Waals surface area contributed by atoms with Gasteiger partial charge in [-0.3, -0.25) is 0 Å². The predicted molar refractivity (Wildman–Crippen MR) is 90.3 cm³/mol. The van der Waals surface area contributed by atoms with E-state index in [1.807, 2.05) is 0 Å². The molecule has 0 saturated carbocycles. The van der Waals surface area contributed by atoms with Gasteiger partial charge in [-0.2, -0.15) is 0 Å². The average Bonchev–Trinajstić information content (AvgIpc) is 2.38. The summed E-state index contributed by atoms with van der Waals surface area (Å²) in [7, 11) is -1.67. The van der Waals surface area contributed by atoms with Crippen LogP contribution in [0.2, 0.25) is 18.1 Å². The summed E-state index contributed by atoms with van der Waals surface area (Å²) in [5.74, 6) is 0. The standard InChI is InChI=1S/C18H28OSi/c1-18(2,3)20(4,5)19-17-13-9-12-16(14-17)15-10-7-6-8-11-15/h6-8,10-11,14,17H,9,12-13H2,1-5H3/t17-/m1/s1. The van der Waals surface area contributed by atoms with Crippen LogP contribution in [0.5, 0.6) is 0 Å². The van der Waals surface area contributed by atoms with Gasteiger partial charge in [-0.1, -0.05) is 57.2 Å². The lowest BCUT2D eigenvalue weighted by molar-refractivity contribution is 0.209. The van der Waals surface area contributed by atoms with Crippen LogP contribution in [0.4, 0.5) is 0 Å². The van der Waals surface area contributed by atoms with Gasteiger partial charge in [0.15, 0.2) is 8.32 Å². The van der Waals surface area contributed by atoms with Gasteiger partial charge in [-0.15, -0.1) is 0 Å². The number of hydrogen-bond acceptors (Lipinski definition) is 1. The highest BCUT2D eigenvalue weighted by Gasteiger charge is 2.39. The second-order valence-electron chi connectivity index (χ2n) is 7.37. The first-order chi connectivity index (χ1) is 9.29. The zero-order chi connectivity index (χ0) is 14.8. The predicted octanol–water partition coefficient (Wildman–Crippen LogP) is 5.64. The Hall–Kier alpha value is -0.863. The van der Waals surface area contributed by atoms with Crippen LogP contribution in [0, 0.1) is 0 Å². The van der Waals surface area contributed by atoms with Crippen molar-refractivity contribution < 1.29 is 4.43 Å². The first-order valence-electron chi connectivity index (χ1n) is 7.73. The van der Waals surface area contributed by atoms with Crippen LogP contribution < -0.4 is 0 Å². The monoisotopic (exact) mass is 288 g/mol. The maximum absolute atomic E-state index is 6.56. The van der Waals surface area contributed by atoms with Gasteiger partial charge >= 0.3 is 0 Å². The minimum absolute atomic E-state index is 0.283. The zero-order valence-electron chi connectivity index (χ0n) is 13.6. The number of rotatable bonds is 3. The quantitative estimate of drug-likeness (QED) is 0.654. The summed E-state index contributed by atoms with van der Waals surface area (Å²) in [6, 6.07) is 10.7. The van der Waals surface area contributed by atoms with Crippen molar-refractivity contribution in [2.24, 2.45) is 0 Å². The van der Waals surface area contributed by atoms with Gasteiger partial charge in [0.05, 0.1) is 6.10 Å². The molecule has 0 unspecified atom stereocenters. The first-order valence-corrected chi connectivity index (χ1v) is 10.6. The van der Waals surface area contributed by atoms with Crippen molar-refractivity contribution in [2.75, 3.05) is 0 Å². The largest absolute Gasteiger partial charge is 0.411 e. The van der Waals surface area contributed by atoms with E-state index in [2.05, 4.69) is 70.3 Å². The van der Waals surface area contributed by atoms with Crippen molar-refractivity contribution in [2.45, 2.75) is 64.3 Å². The lowest BCUT2D eigenvalue weighted by atomic mass is 9.92. The number of allylic oxidation sites excluding steroid dienone is 1. The van der Waals surface area contributed by atoms with Crippen molar-refractivity contribution in [1.82, 2.24) is 0 Å². The summed E-state index contributed by atoms with van der Waals surface area (Å²) in [5.41, 5.74) is 2.82. The molecule has 0 amide bonds. The molecule has 1 aliphatic carbocycles. The smallest absolute Gasteiger partial charge is 0.192 e. The van der Waals surface area contributed by atoms with Crippen molar-refractivity contribution in [1.29, 1.82) is 0 Å². The number of hydrogen-bond donors (Lipinski definition) is 0. The summed E-state index contributed by atoms with van der Waals surface area (Å²) >= 11 is 0. The molecule has 1 aromatic carbocycles. The molecule has 0 N–H and O–H groups in total. The van der Waals surface area contributed by atoms with Crippen LogP contribution in [-0.2, 0) is 4.43 Å². The minimum Gasteiger partial charge on any atom is -0.411 e. The lowest BCUT2D eigenvalue weighted by Gasteiger charge is -2.39. The van der Waals surface area contributed by atoms with E-state index < -0.39 is 8.32 Å². The van der Waals surface area contributed by atoms with E-state index in [4.69, 9.17) is 4.43 Å². The fraction of sp³-hybridized carbons (Fsp3) is 0.556. The molecule has 1 aromatic rings. The summed E-state index contributed by atoms with van der Waals surface area (Å²) in [4.78, 5) is 0. The molecule has 1 nitrogen and oxygen atoms in total. The second kappa shape index (κ2) is 5.86. The molecule has 0 heterocycles. The molecular weight excluding hydrogens is 260 g/mol. The lowest BCUT2D eigenvalue weighted by Crippen LogP contribution is -2.43. The number of benzene rings is 1. The molecule has 0 radical (unpaired) electrons. The van der Waals surface area contributed by atoms with Crippen molar-refractivity contribution in [3.8, 4) is 0 Å². The molecule has 2 heteroatoms. The Kier molecular flexibility index (Phi) is 4.55. The maximum Gasteiger partial charge on any atom is 0.192 e. The van der Waals surface area contributed by atoms with E-state index in [0.29, 0.717) is 6.10 Å². The molecule has 110 valence electrons. The molecule has 2 rings (SSSR count). The summed E-state index contributed by atoms with van der Waals surface area (Å²) in [6.45, 7) is 11.6. The fourth-order valence-corrected chi connectivity index (χ4v) is 3.72. The molecular formula is C18H28OSi. The normalized spacial score (nSPS) is 20.6. The summed E-state index contributed by atoms with van der Waals surface area (Å²) in [6.07, 6.45) is 6.27. The summed E-state index contributed by atoms with van der Waals surface area (Å²) < 4.78 is 6.56. The zero-order valence-corrected chi connectivity index (χ0v) is 14.6. The highest BCUT2D eigenvalue weighted by molar-refractivity contribution is 6.74. The molecule has 0 spiro atoms. The van der Waals surface area contributed by atoms with Crippen LogP contribution in [0.1, 0.15) is 45.6 Å². The minimum atomic E-state index is -1.67. The van der Waals surface area contributed by atoms with E-state index in [1.165, 1.54) is 30.4 Å². The van der Waals surface area contributed by atoms with Gasteiger partial charge in [0.25, 0.3) is 0 Å². The molecule has 1 aliphatic rings. The van der Waals surface area contributed by atoms with Crippen molar-refractivity contribution in [3.05, 3.63) is 42.0 Å². The van der Waals surface area contributed by atoms with Crippen LogP contribution >= 0.6 is 0 Å². The van der Waals surface area contributed by atoms with E-state index in [9.17, 15) is 0 Å². The third-order valence-corrected chi connectivity index (χ3v) is 9.22. The average molecular weight is 289 g/mol. The molecule has 0 fully saturated rings. The molecule has 0 saturated heterocycles. The topological polar surface area (TPSA) is 9.23 Å². The molecule has 0 bridgehead atoms. The van der Waals surface area contributed by atoms with Gasteiger partial charge in [0.1, 0.15) is 0 Å². The Morgan fingerprint density at radius 3 is 2.35 bits per heavy atom. The Morgan fingerprint density at radius 1 is 1.10 bits per heavy atom. The van der Waals surface area contributed by atoms with Crippen molar-refractivity contribution in [3.63, 3.8) is 0 Å². The Morgan fingerprint density at radius 2 is 1.75 bits per heavy atom. The molecule has 20 heavy (non-hydrogen) atoms. The van der Waals surface area contributed by atoms with Gasteiger partial charge in [-0.25, -0.2) is 0 Å². The first kappa shape index (κ1) is 15.5. The third-order valence-electron chi connectivity index (χ3n) is 4.72. The van der Waals surface area contributed by atoms with Crippen LogP contribution in [-0.4, -0.2) is 14.4 Å². The molecule has 1 atom stereocenters. The SMILES string of the molecule is CC(C)(C)[Si](C)(C)O[C@H]1C=C(c2ccccc2)CCC1. The highest BCUT2D eigenvalue weighted by atomic mass is 28.4. The fourth-order valence-electron chi connectivity index (χ4n) is 2.43. The molecule has 0 aliphatic heterocycles.